The van der Waals surface area contributed by atoms with Gasteiger partial charge in [-0.2, -0.15) is 0 Å². The maximum atomic E-state index is 12.0. The molecule has 2 N–H and O–H groups in total. The Kier molecular flexibility index (Phi) is 3.91. The number of carbonyl (C=O) groups is 3. The first-order chi connectivity index (χ1) is 9.59. The number of hydrogen-bond acceptors (Lipinski definition) is 3. The molecule has 5 nitrogen and oxygen atoms in total. The number of rotatable bonds is 4. The molecule has 0 aliphatic heterocycles. The number of Topliss-reactive ketones (excluding diaryl/α,β-unsaturated/α-hetero) is 1. The van der Waals surface area contributed by atoms with Gasteiger partial charge in [0.05, 0.1) is 5.56 Å². The van der Waals surface area contributed by atoms with Crippen LogP contribution in [0.15, 0.2) is 54.6 Å². The number of hydrogen-bond donors (Lipinski definition) is 2. The maximum Gasteiger partial charge on any atom is 0.336 e. The largest absolute Gasteiger partial charge is 0.478 e. The molecular weight excluding hydrogens is 258 g/mol. The van der Waals surface area contributed by atoms with E-state index in [4.69, 9.17) is 5.11 Å². The lowest BCUT2D eigenvalue weighted by Gasteiger charge is -2.06. The molecule has 20 heavy (non-hydrogen) atoms. The van der Waals surface area contributed by atoms with Crippen LogP contribution in [0.2, 0.25) is 0 Å². The quantitative estimate of drug-likeness (QED) is 0.658. The number of ketones is 1. The molecule has 0 saturated heterocycles. The van der Waals surface area contributed by atoms with E-state index < -0.39 is 17.7 Å². The Morgan fingerprint density at radius 3 is 1.95 bits per heavy atom. The second kappa shape index (κ2) is 5.79. The number of carboxylic acid groups (broad SMARTS) is 1. The molecule has 2 aromatic rings. The number of nitrogens with one attached hydrogen (secondary N) is 1. The number of carbonyl (C=O) groups excluding carboxylic acids is 2. The summed E-state index contributed by atoms with van der Waals surface area (Å²) in [5, 5.41) is 11.4. The molecule has 0 aromatic heterocycles. The van der Waals surface area contributed by atoms with Crippen LogP contribution in [0.25, 0.3) is 0 Å². The Balaban J connectivity index is 2.24. The standard InChI is InChI=1S/C15H11NO4/c17-13(11-8-4-5-9-12(11)15(19)20)14(18)16-10-6-2-1-3-7-10/h1-9H,(H,16,18)(H,19,20). The van der Waals surface area contributed by atoms with Crippen molar-refractivity contribution in [3.8, 4) is 0 Å². The molecule has 0 atom stereocenters. The molecule has 0 radical (unpaired) electrons. The average molecular weight is 269 g/mol. The van der Waals surface area contributed by atoms with Crippen molar-refractivity contribution in [2.75, 3.05) is 5.32 Å². The van der Waals surface area contributed by atoms with Gasteiger partial charge in [-0.05, 0) is 24.3 Å². The Morgan fingerprint density at radius 2 is 1.35 bits per heavy atom. The zero-order valence-electron chi connectivity index (χ0n) is 10.4. The lowest BCUT2D eigenvalue weighted by atomic mass is 10.0. The van der Waals surface area contributed by atoms with Crippen LogP contribution < -0.4 is 5.32 Å². The minimum atomic E-state index is -1.25. The summed E-state index contributed by atoms with van der Waals surface area (Å²) >= 11 is 0. The van der Waals surface area contributed by atoms with E-state index in [0.717, 1.165) is 0 Å². The van der Waals surface area contributed by atoms with Crippen molar-refractivity contribution in [2.45, 2.75) is 0 Å². The lowest BCUT2D eigenvalue weighted by molar-refractivity contribution is -0.112. The van der Waals surface area contributed by atoms with Crippen LogP contribution in [-0.2, 0) is 4.79 Å². The van der Waals surface area contributed by atoms with Gasteiger partial charge in [-0.3, -0.25) is 9.59 Å². The molecule has 0 aliphatic rings. The van der Waals surface area contributed by atoms with Gasteiger partial charge in [0.1, 0.15) is 0 Å². The number of amides is 1. The highest BCUT2D eigenvalue weighted by molar-refractivity contribution is 6.47. The van der Waals surface area contributed by atoms with Crippen molar-refractivity contribution in [2.24, 2.45) is 0 Å². The van der Waals surface area contributed by atoms with E-state index in [9.17, 15) is 14.4 Å². The fourth-order valence-electron chi connectivity index (χ4n) is 1.70. The van der Waals surface area contributed by atoms with Crippen LogP contribution in [0.5, 0.6) is 0 Å². The van der Waals surface area contributed by atoms with Gasteiger partial charge in [-0.25, -0.2) is 4.79 Å². The van der Waals surface area contributed by atoms with Crippen molar-refractivity contribution in [3.05, 3.63) is 65.7 Å². The van der Waals surface area contributed by atoms with Gasteiger partial charge < -0.3 is 10.4 Å². The van der Waals surface area contributed by atoms with E-state index in [1.54, 1.807) is 30.3 Å². The van der Waals surface area contributed by atoms with Crippen LogP contribution >= 0.6 is 0 Å². The minimum Gasteiger partial charge on any atom is -0.478 e. The van der Waals surface area contributed by atoms with Crippen LogP contribution in [0.4, 0.5) is 5.69 Å². The predicted octanol–water partition coefficient (Wildman–Crippen LogP) is 2.21. The van der Waals surface area contributed by atoms with Crippen molar-refractivity contribution in [3.63, 3.8) is 0 Å². The first-order valence-electron chi connectivity index (χ1n) is 5.82. The van der Waals surface area contributed by atoms with Gasteiger partial charge in [0.25, 0.3) is 11.7 Å². The highest BCUT2D eigenvalue weighted by atomic mass is 16.4. The molecular formula is C15H11NO4. The first-order valence-corrected chi connectivity index (χ1v) is 5.82. The molecule has 0 heterocycles. The van der Waals surface area contributed by atoms with E-state index in [2.05, 4.69) is 5.32 Å². The number of para-hydroxylation sites is 1. The van der Waals surface area contributed by atoms with E-state index >= 15 is 0 Å². The van der Waals surface area contributed by atoms with E-state index in [1.807, 2.05) is 0 Å². The summed E-state index contributed by atoms with van der Waals surface area (Å²) in [5.74, 6) is -3.00. The summed E-state index contributed by atoms with van der Waals surface area (Å²) in [5.41, 5.74) is 0.146. The molecule has 0 aliphatic carbocycles. The minimum absolute atomic E-state index is 0.131. The zero-order chi connectivity index (χ0) is 14.5. The monoisotopic (exact) mass is 269 g/mol. The van der Waals surface area contributed by atoms with Crippen molar-refractivity contribution in [1.82, 2.24) is 0 Å². The fourth-order valence-corrected chi connectivity index (χ4v) is 1.70. The smallest absolute Gasteiger partial charge is 0.336 e. The maximum absolute atomic E-state index is 12.0. The van der Waals surface area contributed by atoms with Gasteiger partial charge in [0.2, 0.25) is 0 Å². The zero-order valence-corrected chi connectivity index (χ0v) is 10.4. The third-order valence-corrected chi connectivity index (χ3v) is 2.64. The Hall–Kier alpha value is -2.95. The SMILES string of the molecule is O=C(Nc1ccccc1)C(=O)c1ccccc1C(=O)O. The normalized spacial score (nSPS) is 9.80. The molecule has 1 amide bonds. The number of anilines is 1. The van der Waals surface area contributed by atoms with Gasteiger partial charge in [-0.1, -0.05) is 30.3 Å². The molecule has 2 rings (SSSR count). The van der Waals surface area contributed by atoms with Gasteiger partial charge in [-0.15, -0.1) is 0 Å². The van der Waals surface area contributed by atoms with Crippen molar-refractivity contribution in [1.29, 1.82) is 0 Å². The fraction of sp³-hybridized carbons (Fsp3) is 0. The Morgan fingerprint density at radius 1 is 0.800 bits per heavy atom. The van der Waals surface area contributed by atoms with Crippen LogP contribution in [0, 0.1) is 0 Å². The van der Waals surface area contributed by atoms with Gasteiger partial charge in [0, 0.05) is 11.3 Å². The Bertz CT molecular complexity index is 665. The third kappa shape index (κ3) is 2.89. The number of carboxylic acids is 1. The molecule has 5 heteroatoms. The molecule has 0 saturated carbocycles. The highest BCUT2D eigenvalue weighted by Crippen LogP contribution is 2.12. The van der Waals surface area contributed by atoms with E-state index in [0.29, 0.717) is 5.69 Å². The molecule has 0 unspecified atom stereocenters. The van der Waals surface area contributed by atoms with E-state index in [-0.39, 0.29) is 11.1 Å². The van der Waals surface area contributed by atoms with Crippen LogP contribution in [0.1, 0.15) is 20.7 Å². The number of benzene rings is 2. The topological polar surface area (TPSA) is 83.5 Å². The van der Waals surface area contributed by atoms with Crippen LogP contribution in [0.3, 0.4) is 0 Å². The second-order valence-electron chi connectivity index (χ2n) is 4.00. The lowest BCUT2D eigenvalue weighted by Crippen LogP contribution is -2.24. The second-order valence-corrected chi connectivity index (χ2v) is 4.00. The van der Waals surface area contributed by atoms with E-state index in [1.165, 1.54) is 24.3 Å². The van der Waals surface area contributed by atoms with Gasteiger partial charge >= 0.3 is 5.97 Å². The first kappa shape index (κ1) is 13.5. The average Bonchev–Trinajstić information content (AvgIpc) is 2.47. The molecule has 2 aromatic carbocycles. The summed E-state index contributed by atoms with van der Waals surface area (Å²) in [4.78, 5) is 34.9. The third-order valence-electron chi connectivity index (χ3n) is 2.64. The molecule has 0 spiro atoms. The van der Waals surface area contributed by atoms with Gasteiger partial charge in [0.15, 0.2) is 0 Å². The number of aromatic carboxylic acids is 1. The Labute approximate surface area is 114 Å². The highest BCUT2D eigenvalue weighted by Gasteiger charge is 2.22. The van der Waals surface area contributed by atoms with Crippen molar-refractivity contribution >= 4 is 23.3 Å². The summed E-state index contributed by atoms with van der Waals surface area (Å²) in [6.07, 6.45) is 0. The van der Waals surface area contributed by atoms with Crippen LogP contribution in [-0.4, -0.2) is 22.8 Å². The molecule has 100 valence electrons. The van der Waals surface area contributed by atoms with Crippen molar-refractivity contribution < 1.29 is 19.5 Å². The molecule has 0 bridgehead atoms. The summed E-state index contributed by atoms with van der Waals surface area (Å²) in [6, 6.07) is 14.1. The molecule has 0 fully saturated rings. The summed E-state index contributed by atoms with van der Waals surface area (Å²) < 4.78 is 0. The summed E-state index contributed by atoms with van der Waals surface area (Å²) in [6.45, 7) is 0. The summed E-state index contributed by atoms with van der Waals surface area (Å²) in [7, 11) is 0. The predicted molar refractivity (Wildman–Crippen MR) is 72.8 cm³/mol.